The molecule has 136 valence electrons. The second-order valence-electron chi connectivity index (χ2n) is 6.14. The third kappa shape index (κ3) is 3.36. The van der Waals surface area contributed by atoms with Gasteiger partial charge in [-0.25, -0.2) is 8.42 Å². The number of aliphatic imine (C=N–C) groups is 1. The van der Waals surface area contributed by atoms with Crippen molar-refractivity contribution in [1.29, 1.82) is 0 Å². The van der Waals surface area contributed by atoms with Crippen molar-refractivity contribution in [3.8, 4) is 0 Å². The number of hydrogen-bond acceptors (Lipinski definition) is 5. The summed E-state index contributed by atoms with van der Waals surface area (Å²) in [5, 5.41) is 0. The molecular formula is C18H18BrN3O3S. The molecule has 2 aliphatic heterocycles. The molecule has 2 heterocycles. The number of amidine groups is 1. The van der Waals surface area contributed by atoms with Crippen LogP contribution in [0.15, 0.2) is 56.8 Å². The molecule has 0 radical (unpaired) electrons. The van der Waals surface area contributed by atoms with E-state index in [-0.39, 0.29) is 4.90 Å². The SMILES string of the molecule is O=S1(=O)NC(=NCc2ccc(Br)cc2N2CCOCC2)c2ccccc21. The van der Waals surface area contributed by atoms with E-state index in [1.807, 2.05) is 18.2 Å². The summed E-state index contributed by atoms with van der Waals surface area (Å²) < 4.78 is 33.4. The average molecular weight is 436 g/mol. The lowest BCUT2D eigenvalue weighted by atomic mass is 10.1. The Balaban J connectivity index is 1.66. The highest BCUT2D eigenvalue weighted by Crippen LogP contribution is 2.28. The molecule has 6 nitrogen and oxygen atoms in total. The highest BCUT2D eigenvalue weighted by Gasteiger charge is 2.30. The molecule has 2 aromatic carbocycles. The van der Waals surface area contributed by atoms with Crippen LogP contribution in [0.2, 0.25) is 0 Å². The number of halogens is 1. The number of nitrogens with one attached hydrogen (secondary N) is 1. The van der Waals surface area contributed by atoms with Crippen molar-refractivity contribution in [3.05, 3.63) is 58.1 Å². The van der Waals surface area contributed by atoms with E-state index >= 15 is 0 Å². The summed E-state index contributed by atoms with van der Waals surface area (Å²) in [5.74, 6) is 0.399. The van der Waals surface area contributed by atoms with Gasteiger partial charge in [-0.2, -0.15) is 0 Å². The zero-order valence-electron chi connectivity index (χ0n) is 14.0. The second-order valence-corrected chi connectivity index (χ2v) is 8.71. The summed E-state index contributed by atoms with van der Waals surface area (Å²) in [6, 6.07) is 13.0. The maximum absolute atomic E-state index is 12.2. The Morgan fingerprint density at radius 1 is 1.15 bits per heavy atom. The second kappa shape index (κ2) is 7.02. The summed E-state index contributed by atoms with van der Waals surface area (Å²) in [7, 11) is -3.51. The quantitative estimate of drug-likeness (QED) is 0.803. The van der Waals surface area contributed by atoms with Crippen molar-refractivity contribution in [2.75, 3.05) is 31.2 Å². The Labute approximate surface area is 161 Å². The van der Waals surface area contributed by atoms with Crippen molar-refractivity contribution in [1.82, 2.24) is 4.72 Å². The van der Waals surface area contributed by atoms with Gasteiger partial charge in [-0.15, -0.1) is 0 Å². The molecule has 0 aromatic heterocycles. The van der Waals surface area contributed by atoms with Gasteiger partial charge in [0.05, 0.1) is 24.7 Å². The van der Waals surface area contributed by atoms with Gasteiger partial charge in [0.25, 0.3) is 10.0 Å². The topological polar surface area (TPSA) is 71.0 Å². The summed E-state index contributed by atoms with van der Waals surface area (Å²) in [5.41, 5.74) is 2.77. The van der Waals surface area contributed by atoms with Crippen molar-refractivity contribution < 1.29 is 13.2 Å². The fourth-order valence-electron chi connectivity index (χ4n) is 3.18. The number of sulfonamides is 1. The number of morpholine rings is 1. The fourth-order valence-corrected chi connectivity index (χ4v) is 4.78. The predicted octanol–water partition coefficient (Wildman–Crippen LogP) is 2.52. The van der Waals surface area contributed by atoms with Gasteiger partial charge in [-0.05, 0) is 29.8 Å². The van der Waals surface area contributed by atoms with Crippen LogP contribution >= 0.6 is 15.9 Å². The van der Waals surface area contributed by atoms with Gasteiger partial charge >= 0.3 is 0 Å². The number of anilines is 1. The molecule has 26 heavy (non-hydrogen) atoms. The number of ether oxygens (including phenoxy) is 1. The third-order valence-electron chi connectivity index (χ3n) is 4.47. The minimum absolute atomic E-state index is 0.281. The molecule has 8 heteroatoms. The molecule has 2 aliphatic rings. The van der Waals surface area contributed by atoms with E-state index in [0.717, 1.165) is 28.8 Å². The van der Waals surface area contributed by atoms with Gasteiger partial charge in [0, 0.05) is 28.8 Å². The normalized spacial score (nSPS) is 20.0. The van der Waals surface area contributed by atoms with Crippen LogP contribution in [0.4, 0.5) is 5.69 Å². The van der Waals surface area contributed by atoms with Crippen LogP contribution in [0, 0.1) is 0 Å². The lowest BCUT2D eigenvalue weighted by Gasteiger charge is -2.30. The third-order valence-corrected chi connectivity index (χ3v) is 6.36. The van der Waals surface area contributed by atoms with Gasteiger partial charge in [0.2, 0.25) is 0 Å². The van der Waals surface area contributed by atoms with Gasteiger partial charge in [-0.3, -0.25) is 9.71 Å². The van der Waals surface area contributed by atoms with E-state index < -0.39 is 10.0 Å². The van der Waals surface area contributed by atoms with E-state index in [2.05, 4.69) is 36.6 Å². The maximum Gasteiger partial charge on any atom is 0.263 e. The van der Waals surface area contributed by atoms with Crippen LogP contribution in [0.3, 0.4) is 0 Å². The molecule has 0 spiro atoms. The molecule has 0 aliphatic carbocycles. The predicted molar refractivity (Wildman–Crippen MR) is 104 cm³/mol. The molecule has 0 saturated carbocycles. The first kappa shape index (κ1) is 17.5. The Hall–Kier alpha value is -1.90. The first-order valence-electron chi connectivity index (χ1n) is 8.32. The van der Waals surface area contributed by atoms with Gasteiger partial charge in [-0.1, -0.05) is 34.1 Å². The largest absolute Gasteiger partial charge is 0.378 e. The highest BCUT2D eigenvalue weighted by molar-refractivity contribution is 9.10. The van der Waals surface area contributed by atoms with Gasteiger partial charge < -0.3 is 9.64 Å². The number of nitrogens with zero attached hydrogens (tertiary/aromatic N) is 2. The summed E-state index contributed by atoms with van der Waals surface area (Å²) in [4.78, 5) is 7.12. The minimum atomic E-state index is -3.51. The summed E-state index contributed by atoms with van der Waals surface area (Å²) in [6.45, 7) is 3.46. The first-order chi connectivity index (χ1) is 12.5. The molecule has 4 rings (SSSR count). The smallest absolute Gasteiger partial charge is 0.263 e. The summed E-state index contributed by atoms with van der Waals surface area (Å²) in [6.07, 6.45) is 0. The van der Waals surface area contributed by atoms with Crippen LogP contribution in [0.25, 0.3) is 0 Å². The van der Waals surface area contributed by atoms with Crippen LogP contribution < -0.4 is 9.62 Å². The number of rotatable bonds is 3. The number of fused-ring (bicyclic) bond motifs is 1. The minimum Gasteiger partial charge on any atom is -0.378 e. The van der Waals surface area contributed by atoms with Crippen molar-refractivity contribution >= 4 is 37.5 Å². The van der Waals surface area contributed by atoms with E-state index in [0.29, 0.717) is 31.2 Å². The van der Waals surface area contributed by atoms with Crippen LogP contribution in [-0.4, -0.2) is 40.6 Å². The van der Waals surface area contributed by atoms with Crippen LogP contribution in [-0.2, 0) is 21.3 Å². The van der Waals surface area contributed by atoms with Crippen molar-refractivity contribution in [2.24, 2.45) is 4.99 Å². The lowest BCUT2D eigenvalue weighted by molar-refractivity contribution is 0.122. The maximum atomic E-state index is 12.2. The van der Waals surface area contributed by atoms with E-state index in [4.69, 9.17) is 4.74 Å². The van der Waals surface area contributed by atoms with Crippen molar-refractivity contribution in [2.45, 2.75) is 11.4 Å². The number of hydrogen-bond donors (Lipinski definition) is 1. The molecule has 1 saturated heterocycles. The number of benzene rings is 2. The Kier molecular flexibility index (Phi) is 4.73. The molecule has 0 atom stereocenters. The zero-order chi connectivity index (χ0) is 18.1. The molecule has 0 unspecified atom stereocenters. The Bertz CT molecular complexity index is 969. The van der Waals surface area contributed by atoms with E-state index in [1.165, 1.54) is 0 Å². The lowest BCUT2D eigenvalue weighted by Crippen LogP contribution is -2.36. The van der Waals surface area contributed by atoms with E-state index in [1.54, 1.807) is 18.2 Å². The molecule has 1 N–H and O–H groups in total. The molecular weight excluding hydrogens is 418 g/mol. The standard InChI is InChI=1S/C18H18BrN3O3S/c19-14-6-5-13(16(11-14)22-7-9-25-10-8-22)12-20-18-15-3-1-2-4-17(15)26(23,24)21-18/h1-6,11H,7-10,12H2,(H,20,21). The Morgan fingerprint density at radius 3 is 2.73 bits per heavy atom. The van der Waals surface area contributed by atoms with Crippen molar-refractivity contribution in [3.63, 3.8) is 0 Å². The fraction of sp³-hybridized carbons (Fsp3) is 0.278. The van der Waals surface area contributed by atoms with Gasteiger partial charge in [0.1, 0.15) is 5.84 Å². The highest BCUT2D eigenvalue weighted by atomic mass is 79.9. The molecule has 0 amide bonds. The summed E-state index contributed by atoms with van der Waals surface area (Å²) >= 11 is 3.53. The monoisotopic (exact) mass is 435 g/mol. The molecule has 2 aromatic rings. The molecule has 0 bridgehead atoms. The average Bonchev–Trinajstić information content (AvgIpc) is 2.92. The van der Waals surface area contributed by atoms with E-state index in [9.17, 15) is 8.42 Å². The molecule has 1 fully saturated rings. The van der Waals surface area contributed by atoms with Crippen LogP contribution in [0.5, 0.6) is 0 Å². The van der Waals surface area contributed by atoms with Crippen LogP contribution in [0.1, 0.15) is 11.1 Å². The zero-order valence-corrected chi connectivity index (χ0v) is 16.4. The first-order valence-corrected chi connectivity index (χ1v) is 10.6. The Morgan fingerprint density at radius 2 is 1.92 bits per heavy atom. The van der Waals surface area contributed by atoms with Gasteiger partial charge in [0.15, 0.2) is 0 Å².